The average molecular weight is 183 g/mol. The van der Waals surface area contributed by atoms with Crippen LogP contribution in [-0.4, -0.2) is 23.3 Å². The van der Waals surface area contributed by atoms with Gasteiger partial charge in [0.05, 0.1) is 6.10 Å². The summed E-state index contributed by atoms with van der Waals surface area (Å²) >= 11 is 0. The van der Waals surface area contributed by atoms with Crippen molar-refractivity contribution < 1.29 is 5.11 Å². The molecule has 0 saturated heterocycles. The summed E-state index contributed by atoms with van der Waals surface area (Å²) in [5.74, 6) is 0. The van der Waals surface area contributed by atoms with Crippen LogP contribution in [0, 0.1) is 0 Å². The minimum Gasteiger partial charge on any atom is -0.393 e. The van der Waals surface area contributed by atoms with E-state index in [1.54, 1.807) is 0 Å². The van der Waals surface area contributed by atoms with E-state index in [1.165, 1.54) is 38.5 Å². The van der Waals surface area contributed by atoms with Crippen LogP contribution in [0.3, 0.4) is 0 Å². The lowest BCUT2D eigenvalue weighted by Crippen LogP contribution is -2.39. The summed E-state index contributed by atoms with van der Waals surface area (Å²) in [5, 5.41) is 13.1. The predicted octanol–water partition coefficient (Wildman–Crippen LogP) is 1.82. The third kappa shape index (κ3) is 2.68. The molecule has 0 atom stereocenters. The molecular formula is C11H21NO. The first-order valence-electron chi connectivity index (χ1n) is 5.79. The van der Waals surface area contributed by atoms with Crippen LogP contribution in [-0.2, 0) is 0 Å². The molecule has 0 aromatic carbocycles. The second-order valence-corrected chi connectivity index (χ2v) is 4.65. The lowest BCUT2D eigenvalue weighted by Gasteiger charge is -2.28. The van der Waals surface area contributed by atoms with E-state index >= 15 is 0 Å². The Morgan fingerprint density at radius 3 is 1.92 bits per heavy atom. The number of hydrogen-bond acceptors (Lipinski definition) is 2. The lowest BCUT2D eigenvalue weighted by atomic mass is 9.92. The molecule has 2 heteroatoms. The Kier molecular flexibility index (Phi) is 3.23. The molecular weight excluding hydrogens is 162 g/mol. The highest BCUT2D eigenvalue weighted by atomic mass is 16.3. The van der Waals surface area contributed by atoms with Gasteiger partial charge in [0.2, 0.25) is 0 Å². The molecule has 0 amide bonds. The van der Waals surface area contributed by atoms with Gasteiger partial charge in [-0.25, -0.2) is 0 Å². The topological polar surface area (TPSA) is 32.3 Å². The van der Waals surface area contributed by atoms with Gasteiger partial charge in [0.15, 0.2) is 0 Å². The number of hydrogen-bond donors (Lipinski definition) is 2. The first-order valence-corrected chi connectivity index (χ1v) is 5.79. The molecule has 0 radical (unpaired) electrons. The number of rotatable bonds is 2. The average Bonchev–Trinajstić information content (AvgIpc) is 2.62. The monoisotopic (exact) mass is 183 g/mol. The Labute approximate surface area is 80.7 Å². The summed E-state index contributed by atoms with van der Waals surface area (Å²) in [7, 11) is 0. The maximum absolute atomic E-state index is 9.36. The molecule has 0 spiro atoms. The van der Waals surface area contributed by atoms with E-state index in [1.807, 2.05) is 0 Å². The highest BCUT2D eigenvalue weighted by Crippen LogP contribution is 2.23. The van der Waals surface area contributed by atoms with Gasteiger partial charge < -0.3 is 10.4 Å². The minimum absolute atomic E-state index is 0.0124. The molecule has 2 rings (SSSR count). The molecule has 0 heterocycles. The maximum atomic E-state index is 9.36. The van der Waals surface area contributed by atoms with Crippen LogP contribution >= 0.6 is 0 Å². The van der Waals surface area contributed by atoms with Crippen molar-refractivity contribution in [3.8, 4) is 0 Å². The van der Waals surface area contributed by atoms with Crippen molar-refractivity contribution in [1.82, 2.24) is 5.32 Å². The van der Waals surface area contributed by atoms with Gasteiger partial charge in [-0.05, 0) is 38.5 Å². The van der Waals surface area contributed by atoms with Crippen molar-refractivity contribution in [2.45, 2.75) is 69.6 Å². The van der Waals surface area contributed by atoms with Gasteiger partial charge in [-0.3, -0.25) is 0 Å². The molecule has 2 aliphatic rings. The molecule has 2 saturated carbocycles. The molecule has 76 valence electrons. The fourth-order valence-corrected chi connectivity index (χ4v) is 2.67. The molecule has 2 N–H and O–H groups in total. The van der Waals surface area contributed by atoms with Gasteiger partial charge in [-0.15, -0.1) is 0 Å². The highest BCUT2D eigenvalue weighted by Gasteiger charge is 2.23. The number of aliphatic hydroxyl groups excluding tert-OH is 1. The zero-order valence-corrected chi connectivity index (χ0v) is 8.34. The third-order valence-corrected chi connectivity index (χ3v) is 3.52. The van der Waals surface area contributed by atoms with Gasteiger partial charge in [-0.1, -0.05) is 12.8 Å². The maximum Gasteiger partial charge on any atom is 0.0541 e. The Morgan fingerprint density at radius 1 is 0.769 bits per heavy atom. The van der Waals surface area contributed by atoms with E-state index in [9.17, 15) is 5.11 Å². The van der Waals surface area contributed by atoms with Crippen molar-refractivity contribution in [3.05, 3.63) is 0 Å². The summed E-state index contributed by atoms with van der Waals surface area (Å²) in [5.41, 5.74) is 0. The Balaban J connectivity index is 1.69. The van der Waals surface area contributed by atoms with Crippen LogP contribution in [0.25, 0.3) is 0 Å². The van der Waals surface area contributed by atoms with Crippen molar-refractivity contribution in [1.29, 1.82) is 0 Å². The molecule has 0 unspecified atom stereocenters. The fraction of sp³-hybridized carbons (Fsp3) is 1.00. The zero-order chi connectivity index (χ0) is 9.10. The Hall–Kier alpha value is -0.0800. The standard InChI is InChI=1S/C11H21NO/c13-11-7-5-10(6-8-11)12-9-3-1-2-4-9/h9-13H,1-8H2. The highest BCUT2D eigenvalue weighted by molar-refractivity contribution is 4.82. The Morgan fingerprint density at radius 2 is 1.31 bits per heavy atom. The molecule has 0 aromatic heterocycles. The molecule has 13 heavy (non-hydrogen) atoms. The summed E-state index contributed by atoms with van der Waals surface area (Å²) < 4.78 is 0. The molecule has 2 fully saturated rings. The molecule has 0 bridgehead atoms. The number of aliphatic hydroxyl groups is 1. The third-order valence-electron chi connectivity index (χ3n) is 3.52. The summed E-state index contributed by atoms with van der Waals surface area (Å²) in [6.45, 7) is 0. The van der Waals surface area contributed by atoms with Crippen molar-refractivity contribution in [3.63, 3.8) is 0 Å². The number of nitrogens with one attached hydrogen (secondary N) is 1. The lowest BCUT2D eigenvalue weighted by molar-refractivity contribution is 0.114. The summed E-state index contributed by atoms with van der Waals surface area (Å²) in [6, 6.07) is 1.49. The molecule has 2 aliphatic carbocycles. The van der Waals surface area contributed by atoms with Gasteiger partial charge >= 0.3 is 0 Å². The first kappa shape index (κ1) is 9.47. The summed E-state index contributed by atoms with van der Waals surface area (Å²) in [4.78, 5) is 0. The van der Waals surface area contributed by atoms with E-state index < -0.39 is 0 Å². The second kappa shape index (κ2) is 4.43. The van der Waals surface area contributed by atoms with Crippen LogP contribution < -0.4 is 5.32 Å². The molecule has 0 aliphatic heterocycles. The van der Waals surface area contributed by atoms with Crippen LogP contribution in [0.2, 0.25) is 0 Å². The van der Waals surface area contributed by atoms with Crippen molar-refractivity contribution >= 4 is 0 Å². The van der Waals surface area contributed by atoms with Gasteiger partial charge in [0.25, 0.3) is 0 Å². The van der Waals surface area contributed by atoms with Crippen LogP contribution in [0.15, 0.2) is 0 Å². The molecule has 0 aromatic rings. The SMILES string of the molecule is OC1CCC(NC2CCCC2)CC1. The van der Waals surface area contributed by atoms with Crippen LogP contribution in [0.1, 0.15) is 51.4 Å². The van der Waals surface area contributed by atoms with Crippen molar-refractivity contribution in [2.24, 2.45) is 0 Å². The van der Waals surface area contributed by atoms with Crippen LogP contribution in [0.5, 0.6) is 0 Å². The second-order valence-electron chi connectivity index (χ2n) is 4.65. The smallest absolute Gasteiger partial charge is 0.0541 e. The van der Waals surface area contributed by atoms with Gasteiger partial charge in [0.1, 0.15) is 0 Å². The quantitative estimate of drug-likeness (QED) is 0.684. The van der Waals surface area contributed by atoms with Crippen LogP contribution in [0.4, 0.5) is 0 Å². The van der Waals surface area contributed by atoms with E-state index in [0.717, 1.165) is 18.9 Å². The van der Waals surface area contributed by atoms with E-state index in [4.69, 9.17) is 0 Å². The molecule has 2 nitrogen and oxygen atoms in total. The largest absolute Gasteiger partial charge is 0.393 e. The zero-order valence-electron chi connectivity index (χ0n) is 8.34. The fourth-order valence-electron chi connectivity index (χ4n) is 2.67. The van der Waals surface area contributed by atoms with Gasteiger partial charge in [0, 0.05) is 12.1 Å². The Bertz CT molecular complexity index is 146. The normalized spacial score (nSPS) is 36.7. The van der Waals surface area contributed by atoms with E-state index in [-0.39, 0.29) is 6.10 Å². The van der Waals surface area contributed by atoms with E-state index in [0.29, 0.717) is 6.04 Å². The first-order chi connectivity index (χ1) is 6.34. The minimum atomic E-state index is -0.0124. The van der Waals surface area contributed by atoms with Crippen molar-refractivity contribution in [2.75, 3.05) is 0 Å². The van der Waals surface area contributed by atoms with Gasteiger partial charge in [-0.2, -0.15) is 0 Å². The predicted molar refractivity (Wildman–Crippen MR) is 53.7 cm³/mol. The van der Waals surface area contributed by atoms with E-state index in [2.05, 4.69) is 5.32 Å². The summed E-state index contributed by atoms with van der Waals surface area (Å²) in [6.07, 6.45) is 9.92.